The van der Waals surface area contributed by atoms with E-state index >= 15 is 0 Å². The summed E-state index contributed by atoms with van der Waals surface area (Å²) < 4.78 is 5.44. The van der Waals surface area contributed by atoms with Crippen LogP contribution in [-0.2, 0) is 24.0 Å². The molecule has 1 aliphatic rings. The number of hydrogen-bond donors (Lipinski definition) is 0. The molecule has 2 heteroatoms. The molecule has 0 aliphatic heterocycles. The fraction of sp³-hybridized carbons (Fsp3) is 0.500. The first kappa shape index (κ1) is 24.3. The van der Waals surface area contributed by atoms with Gasteiger partial charge in [0.05, 0.1) is 11.8 Å². The minimum absolute atomic E-state index is 0.309. The first-order chi connectivity index (χ1) is 15.5. The summed E-state index contributed by atoms with van der Waals surface area (Å²) in [5.74, 6) is -0.309. The molecule has 0 N–H and O–H groups in total. The van der Waals surface area contributed by atoms with Crippen molar-refractivity contribution in [3.63, 3.8) is 0 Å². The molecule has 2 nitrogen and oxygen atoms in total. The number of ether oxygens (including phenoxy) is 1. The average Bonchev–Trinajstić information content (AvgIpc) is 2.94. The minimum atomic E-state index is -0.309. The van der Waals surface area contributed by atoms with Crippen molar-refractivity contribution in [3.05, 3.63) is 76.5 Å². The summed E-state index contributed by atoms with van der Waals surface area (Å²) in [7, 11) is 0. The van der Waals surface area contributed by atoms with Crippen LogP contribution in [0.25, 0.3) is 6.08 Å². The molecular weight excluding hydrogens is 392 g/mol. The predicted molar refractivity (Wildman–Crippen MR) is 135 cm³/mol. The number of unbranched alkanes of at least 4 members (excludes halogenated alkanes) is 5. The Bertz CT molecular complexity index is 893. The summed E-state index contributed by atoms with van der Waals surface area (Å²) in [5.41, 5.74) is 6.57. The molecule has 0 unspecified atom stereocenters. The summed E-state index contributed by atoms with van der Waals surface area (Å²) in [6.07, 6.45) is 17.2. The zero-order valence-electron chi connectivity index (χ0n) is 20.3. The largest absolute Gasteiger partial charge is 0.431 e. The Morgan fingerprint density at radius 2 is 1.59 bits per heavy atom. The Morgan fingerprint density at radius 3 is 2.31 bits per heavy atom. The fourth-order valence-corrected chi connectivity index (χ4v) is 4.57. The topological polar surface area (TPSA) is 26.3 Å². The molecule has 2 aromatic carbocycles. The van der Waals surface area contributed by atoms with Crippen LogP contribution in [0.4, 0.5) is 0 Å². The Kier molecular flexibility index (Phi) is 9.14. The van der Waals surface area contributed by atoms with E-state index in [0.717, 1.165) is 12.8 Å². The number of carbonyl (C=O) groups excluding carboxylic acids is 1. The molecular formula is C30H40O2. The predicted octanol–water partition coefficient (Wildman–Crippen LogP) is 8.32. The number of fused-ring (bicyclic) bond motifs is 1. The van der Waals surface area contributed by atoms with Crippen molar-refractivity contribution in [3.8, 4) is 0 Å². The molecule has 2 aromatic rings. The van der Waals surface area contributed by atoms with Gasteiger partial charge in [0.25, 0.3) is 0 Å². The van der Waals surface area contributed by atoms with Crippen LogP contribution in [0.1, 0.15) is 105 Å². The molecule has 0 atom stereocenters. The van der Waals surface area contributed by atoms with Gasteiger partial charge in [-0.05, 0) is 84.4 Å². The lowest BCUT2D eigenvalue weighted by Crippen LogP contribution is -2.10. The first-order valence-corrected chi connectivity index (χ1v) is 12.6. The van der Waals surface area contributed by atoms with Crippen LogP contribution < -0.4 is 0 Å². The average molecular weight is 433 g/mol. The molecule has 0 saturated carbocycles. The van der Waals surface area contributed by atoms with Crippen molar-refractivity contribution in [2.45, 2.75) is 91.4 Å². The first-order valence-electron chi connectivity index (χ1n) is 12.6. The fourth-order valence-electron chi connectivity index (χ4n) is 4.57. The normalized spacial score (nSPS) is 15.3. The van der Waals surface area contributed by atoms with Crippen LogP contribution in [0.3, 0.4) is 0 Å². The molecule has 172 valence electrons. The number of rotatable bonds is 10. The van der Waals surface area contributed by atoms with Gasteiger partial charge in [-0.2, -0.15) is 0 Å². The second-order valence-corrected chi connectivity index (χ2v) is 10.1. The van der Waals surface area contributed by atoms with Gasteiger partial charge in [0.1, 0.15) is 0 Å². The number of carbonyl (C=O) groups is 1. The van der Waals surface area contributed by atoms with Crippen LogP contribution >= 0.6 is 0 Å². The van der Waals surface area contributed by atoms with Crippen molar-refractivity contribution in [2.75, 3.05) is 0 Å². The number of esters is 1. The van der Waals surface area contributed by atoms with Crippen LogP contribution in [0, 0.1) is 5.41 Å². The van der Waals surface area contributed by atoms with Crippen molar-refractivity contribution in [1.29, 1.82) is 0 Å². The molecule has 0 fully saturated rings. The summed E-state index contributed by atoms with van der Waals surface area (Å²) >= 11 is 0. The van der Waals surface area contributed by atoms with Crippen molar-refractivity contribution in [1.82, 2.24) is 0 Å². The van der Waals surface area contributed by atoms with E-state index in [1.807, 2.05) is 24.3 Å². The van der Waals surface area contributed by atoms with E-state index in [4.69, 9.17) is 4.74 Å². The highest BCUT2D eigenvalue weighted by molar-refractivity contribution is 5.89. The third-order valence-corrected chi connectivity index (χ3v) is 6.84. The van der Waals surface area contributed by atoms with Crippen LogP contribution in [0.15, 0.2) is 48.7 Å². The van der Waals surface area contributed by atoms with Gasteiger partial charge in [-0.25, -0.2) is 4.79 Å². The van der Waals surface area contributed by atoms with E-state index in [9.17, 15) is 4.79 Å². The Morgan fingerprint density at radius 1 is 0.938 bits per heavy atom. The number of aryl methyl sites for hydroxylation is 3. The van der Waals surface area contributed by atoms with E-state index in [1.54, 1.807) is 18.4 Å². The van der Waals surface area contributed by atoms with Crippen LogP contribution in [-0.4, -0.2) is 5.97 Å². The van der Waals surface area contributed by atoms with Gasteiger partial charge in [0.2, 0.25) is 0 Å². The van der Waals surface area contributed by atoms with Gasteiger partial charge >= 0.3 is 5.97 Å². The maximum Gasteiger partial charge on any atom is 0.342 e. The zero-order valence-corrected chi connectivity index (χ0v) is 20.3. The molecule has 1 aliphatic carbocycles. The molecule has 0 heterocycles. The van der Waals surface area contributed by atoms with Gasteiger partial charge in [0.15, 0.2) is 0 Å². The smallest absolute Gasteiger partial charge is 0.342 e. The lowest BCUT2D eigenvalue weighted by Gasteiger charge is -2.21. The Labute approximate surface area is 195 Å². The standard InChI is InChI=1S/C30H40O2/c1-4-5-6-7-8-10-15-25-22-26-16-19-30(2,3)20-17-27(26)23-28(25)18-21-32-29(31)24-13-11-9-12-14-24/h9,11-14,18,21-23H,4-8,10,15-17,19-20H2,1-3H3. The lowest BCUT2D eigenvalue weighted by molar-refractivity contribution is 0.0665. The van der Waals surface area contributed by atoms with E-state index in [2.05, 4.69) is 32.9 Å². The molecule has 0 aromatic heterocycles. The second kappa shape index (κ2) is 12.0. The third-order valence-electron chi connectivity index (χ3n) is 6.84. The zero-order chi connectivity index (χ0) is 22.8. The highest BCUT2D eigenvalue weighted by Gasteiger charge is 2.23. The third kappa shape index (κ3) is 7.36. The van der Waals surface area contributed by atoms with Gasteiger partial charge in [-0.15, -0.1) is 0 Å². The lowest BCUT2D eigenvalue weighted by atomic mass is 9.85. The number of hydrogen-bond acceptors (Lipinski definition) is 2. The molecule has 3 rings (SSSR count). The summed E-state index contributed by atoms with van der Waals surface area (Å²) in [4.78, 5) is 12.3. The van der Waals surface area contributed by atoms with E-state index in [1.165, 1.54) is 80.0 Å². The molecule has 0 radical (unpaired) electrons. The Balaban J connectivity index is 1.72. The summed E-state index contributed by atoms with van der Waals surface area (Å²) in [6, 6.07) is 14.0. The highest BCUT2D eigenvalue weighted by Crippen LogP contribution is 2.35. The maximum atomic E-state index is 12.3. The molecule has 0 bridgehead atoms. The van der Waals surface area contributed by atoms with Crippen molar-refractivity contribution >= 4 is 12.0 Å². The molecule has 0 saturated heterocycles. The van der Waals surface area contributed by atoms with Crippen LogP contribution in [0.2, 0.25) is 0 Å². The minimum Gasteiger partial charge on any atom is -0.431 e. The van der Waals surface area contributed by atoms with E-state index in [-0.39, 0.29) is 5.97 Å². The van der Waals surface area contributed by atoms with E-state index in [0.29, 0.717) is 11.0 Å². The summed E-state index contributed by atoms with van der Waals surface area (Å²) in [6.45, 7) is 7.04. The summed E-state index contributed by atoms with van der Waals surface area (Å²) in [5, 5.41) is 0. The van der Waals surface area contributed by atoms with E-state index < -0.39 is 0 Å². The quantitative estimate of drug-likeness (QED) is 0.163. The van der Waals surface area contributed by atoms with Crippen molar-refractivity contribution < 1.29 is 9.53 Å². The molecule has 0 spiro atoms. The van der Waals surface area contributed by atoms with Gasteiger partial charge in [-0.1, -0.05) is 83.2 Å². The second-order valence-electron chi connectivity index (χ2n) is 10.1. The van der Waals surface area contributed by atoms with Crippen molar-refractivity contribution in [2.24, 2.45) is 5.41 Å². The van der Waals surface area contributed by atoms with Crippen LogP contribution in [0.5, 0.6) is 0 Å². The van der Waals surface area contributed by atoms with Gasteiger partial charge < -0.3 is 4.74 Å². The maximum absolute atomic E-state index is 12.3. The molecule has 32 heavy (non-hydrogen) atoms. The van der Waals surface area contributed by atoms with Gasteiger partial charge in [0, 0.05) is 0 Å². The monoisotopic (exact) mass is 432 g/mol. The van der Waals surface area contributed by atoms with Gasteiger partial charge in [-0.3, -0.25) is 0 Å². The SMILES string of the molecule is CCCCCCCCc1cc2c(cc1C=COC(=O)c1ccccc1)CCC(C)(C)CC2. The molecule has 0 amide bonds. The highest BCUT2D eigenvalue weighted by atomic mass is 16.5. The Hall–Kier alpha value is -2.35. The number of benzene rings is 2.